The first-order chi connectivity index (χ1) is 9.06. The largest absolute Gasteiger partial charge is 0.351 e. The number of hydrogen-bond donors (Lipinski definition) is 1. The van der Waals surface area contributed by atoms with Crippen LogP contribution in [0.3, 0.4) is 0 Å². The molecule has 1 fully saturated rings. The predicted octanol–water partition coefficient (Wildman–Crippen LogP) is 3.69. The van der Waals surface area contributed by atoms with Crippen molar-refractivity contribution in [3.05, 3.63) is 35.0 Å². The number of aromatic amines is 1. The van der Waals surface area contributed by atoms with Crippen molar-refractivity contribution in [1.29, 1.82) is 0 Å². The Bertz CT molecular complexity index is 630. The van der Waals surface area contributed by atoms with Crippen LogP contribution in [0.1, 0.15) is 30.3 Å². The van der Waals surface area contributed by atoms with Gasteiger partial charge in [-0.2, -0.15) is 0 Å². The first-order valence-corrected chi connectivity index (χ1v) is 6.99. The van der Waals surface area contributed by atoms with Crippen molar-refractivity contribution in [1.82, 2.24) is 9.88 Å². The van der Waals surface area contributed by atoms with Crippen LogP contribution >= 0.6 is 11.6 Å². The lowest BCUT2D eigenvalue weighted by Crippen LogP contribution is -2.36. The average molecular weight is 277 g/mol. The number of amides is 1. The van der Waals surface area contributed by atoms with Crippen LogP contribution in [0.5, 0.6) is 0 Å². The summed E-state index contributed by atoms with van der Waals surface area (Å²) in [7, 11) is 1.88. The molecule has 0 aliphatic heterocycles. The molecule has 2 aromatic rings. The third-order valence-corrected chi connectivity index (χ3v) is 4.28. The van der Waals surface area contributed by atoms with Crippen molar-refractivity contribution in [2.75, 3.05) is 7.05 Å². The molecule has 100 valence electrons. The molecule has 1 saturated carbocycles. The summed E-state index contributed by atoms with van der Waals surface area (Å²) < 4.78 is 0. The number of hydrogen-bond acceptors (Lipinski definition) is 1. The van der Waals surface area contributed by atoms with Crippen molar-refractivity contribution < 1.29 is 4.79 Å². The summed E-state index contributed by atoms with van der Waals surface area (Å²) in [5.74, 6) is 0.722. The highest BCUT2D eigenvalue weighted by Crippen LogP contribution is 2.35. The van der Waals surface area contributed by atoms with Crippen LogP contribution in [0, 0.1) is 5.92 Å². The highest BCUT2D eigenvalue weighted by molar-refractivity contribution is 6.31. The second-order valence-electron chi connectivity index (χ2n) is 5.41. The second kappa shape index (κ2) is 4.57. The van der Waals surface area contributed by atoms with Gasteiger partial charge in [-0.25, -0.2) is 0 Å². The predicted molar refractivity (Wildman–Crippen MR) is 77.6 cm³/mol. The summed E-state index contributed by atoms with van der Waals surface area (Å²) in [6.45, 7) is 2.12. The number of carbonyl (C=O) groups is 1. The average Bonchev–Trinajstić information content (AvgIpc) is 3.16. The van der Waals surface area contributed by atoms with E-state index in [-0.39, 0.29) is 5.91 Å². The van der Waals surface area contributed by atoms with Gasteiger partial charge in [0.1, 0.15) is 5.69 Å². The van der Waals surface area contributed by atoms with Crippen molar-refractivity contribution in [3.8, 4) is 0 Å². The van der Waals surface area contributed by atoms with Crippen LogP contribution in [0.15, 0.2) is 24.3 Å². The molecule has 0 saturated heterocycles. The number of fused-ring (bicyclic) bond motifs is 1. The van der Waals surface area contributed by atoms with E-state index in [0.717, 1.165) is 10.9 Å². The minimum absolute atomic E-state index is 0.0479. The smallest absolute Gasteiger partial charge is 0.270 e. The monoisotopic (exact) mass is 276 g/mol. The quantitative estimate of drug-likeness (QED) is 0.912. The van der Waals surface area contributed by atoms with Gasteiger partial charge in [0.15, 0.2) is 0 Å². The Morgan fingerprint density at radius 3 is 2.84 bits per heavy atom. The van der Waals surface area contributed by atoms with E-state index in [4.69, 9.17) is 11.6 Å². The topological polar surface area (TPSA) is 36.1 Å². The maximum Gasteiger partial charge on any atom is 0.270 e. The van der Waals surface area contributed by atoms with Gasteiger partial charge in [0.2, 0.25) is 0 Å². The lowest BCUT2D eigenvalue weighted by molar-refractivity contribution is 0.0722. The first-order valence-electron chi connectivity index (χ1n) is 6.61. The lowest BCUT2D eigenvalue weighted by atomic mass is 10.2. The molecule has 0 spiro atoms. The van der Waals surface area contributed by atoms with Crippen molar-refractivity contribution >= 4 is 28.4 Å². The molecule has 1 heterocycles. The van der Waals surface area contributed by atoms with Crippen LogP contribution in [-0.2, 0) is 0 Å². The van der Waals surface area contributed by atoms with Gasteiger partial charge in [-0.15, -0.1) is 0 Å². The summed E-state index contributed by atoms with van der Waals surface area (Å²) in [5, 5.41) is 1.66. The summed E-state index contributed by atoms with van der Waals surface area (Å²) >= 11 is 5.96. The fraction of sp³-hybridized carbons (Fsp3) is 0.400. The minimum atomic E-state index is 0.0479. The molecule has 1 aromatic heterocycles. The Hall–Kier alpha value is -1.48. The standard InChI is InChI=1S/C15H17ClN2O/c1-9(10-3-4-10)18(2)15(19)14-8-11-7-12(16)5-6-13(11)17-14/h5-10,17H,3-4H2,1-2H3/t9-/m0/s1. The van der Waals surface area contributed by atoms with Gasteiger partial charge in [-0.05, 0) is 49.9 Å². The summed E-state index contributed by atoms with van der Waals surface area (Å²) in [6, 6.07) is 7.78. The number of aromatic nitrogens is 1. The van der Waals surface area contributed by atoms with Gasteiger partial charge in [0, 0.05) is 29.0 Å². The molecule has 4 heteroatoms. The molecule has 0 unspecified atom stereocenters. The summed E-state index contributed by atoms with van der Waals surface area (Å²) in [5.41, 5.74) is 1.58. The number of halogens is 1. The third kappa shape index (κ3) is 2.35. The molecular weight excluding hydrogens is 260 g/mol. The van der Waals surface area contributed by atoms with Crippen LogP contribution < -0.4 is 0 Å². The van der Waals surface area contributed by atoms with E-state index in [1.165, 1.54) is 12.8 Å². The highest BCUT2D eigenvalue weighted by atomic mass is 35.5. The Labute approximate surface area is 117 Å². The van der Waals surface area contributed by atoms with Crippen LogP contribution in [-0.4, -0.2) is 28.9 Å². The van der Waals surface area contributed by atoms with E-state index in [0.29, 0.717) is 22.7 Å². The van der Waals surface area contributed by atoms with E-state index in [9.17, 15) is 4.79 Å². The number of nitrogens with one attached hydrogen (secondary N) is 1. The molecule has 3 rings (SSSR count). The van der Waals surface area contributed by atoms with E-state index >= 15 is 0 Å². The zero-order valence-corrected chi connectivity index (χ0v) is 11.9. The van der Waals surface area contributed by atoms with Crippen LogP contribution in [0.4, 0.5) is 0 Å². The second-order valence-corrected chi connectivity index (χ2v) is 5.85. The molecule has 1 amide bonds. The Balaban J connectivity index is 1.88. The van der Waals surface area contributed by atoms with E-state index in [1.807, 2.05) is 36.2 Å². The molecular formula is C15H17ClN2O. The first kappa shape index (κ1) is 12.5. The Morgan fingerprint density at radius 1 is 1.42 bits per heavy atom. The highest BCUT2D eigenvalue weighted by Gasteiger charge is 2.33. The zero-order chi connectivity index (χ0) is 13.6. The van der Waals surface area contributed by atoms with Gasteiger partial charge >= 0.3 is 0 Å². The molecule has 0 radical (unpaired) electrons. The van der Waals surface area contributed by atoms with Gasteiger partial charge in [0.05, 0.1) is 0 Å². The molecule has 3 nitrogen and oxygen atoms in total. The minimum Gasteiger partial charge on any atom is -0.351 e. The molecule has 19 heavy (non-hydrogen) atoms. The number of rotatable bonds is 3. The lowest BCUT2D eigenvalue weighted by Gasteiger charge is -2.24. The van der Waals surface area contributed by atoms with Gasteiger partial charge in [-0.1, -0.05) is 11.6 Å². The van der Waals surface area contributed by atoms with Gasteiger partial charge < -0.3 is 9.88 Å². The number of nitrogens with zero attached hydrogens (tertiary/aromatic N) is 1. The normalized spacial score (nSPS) is 16.6. The van der Waals surface area contributed by atoms with E-state index < -0.39 is 0 Å². The van der Waals surface area contributed by atoms with Crippen LogP contribution in [0.25, 0.3) is 10.9 Å². The van der Waals surface area contributed by atoms with Crippen molar-refractivity contribution in [2.24, 2.45) is 5.92 Å². The van der Waals surface area contributed by atoms with E-state index in [2.05, 4.69) is 11.9 Å². The molecule has 1 aliphatic rings. The summed E-state index contributed by atoms with van der Waals surface area (Å²) in [4.78, 5) is 17.4. The van der Waals surface area contributed by atoms with Gasteiger partial charge in [-0.3, -0.25) is 4.79 Å². The molecule has 1 atom stereocenters. The molecule has 0 bridgehead atoms. The van der Waals surface area contributed by atoms with E-state index in [1.54, 1.807) is 0 Å². The Kier molecular flexibility index (Phi) is 3.02. The zero-order valence-electron chi connectivity index (χ0n) is 11.1. The number of carbonyl (C=O) groups excluding carboxylic acids is 1. The Morgan fingerprint density at radius 2 is 2.16 bits per heavy atom. The fourth-order valence-electron chi connectivity index (χ4n) is 2.49. The summed E-state index contributed by atoms with van der Waals surface area (Å²) in [6.07, 6.45) is 2.47. The third-order valence-electron chi connectivity index (χ3n) is 4.05. The SMILES string of the molecule is C[C@@H](C1CC1)N(C)C(=O)c1cc2cc(Cl)ccc2[nH]1. The van der Waals surface area contributed by atoms with Gasteiger partial charge in [0.25, 0.3) is 5.91 Å². The van der Waals surface area contributed by atoms with Crippen molar-refractivity contribution in [2.45, 2.75) is 25.8 Å². The van der Waals surface area contributed by atoms with Crippen molar-refractivity contribution in [3.63, 3.8) is 0 Å². The fourth-order valence-corrected chi connectivity index (χ4v) is 2.67. The molecule has 1 N–H and O–H groups in total. The maximum absolute atomic E-state index is 12.4. The number of H-pyrrole nitrogens is 1. The van der Waals surface area contributed by atoms with Crippen LogP contribution in [0.2, 0.25) is 5.02 Å². The molecule has 1 aromatic carbocycles. The molecule has 1 aliphatic carbocycles. The number of benzene rings is 1. The maximum atomic E-state index is 12.4.